The first kappa shape index (κ1) is 15.4. The van der Waals surface area contributed by atoms with Crippen LogP contribution >= 0.6 is 23.2 Å². The lowest BCUT2D eigenvalue weighted by Crippen LogP contribution is -2.25. The summed E-state index contributed by atoms with van der Waals surface area (Å²) < 4.78 is 30.4. The third kappa shape index (κ3) is 2.86. The Hall–Kier alpha value is -1.50. The molecule has 1 unspecified atom stereocenters. The van der Waals surface area contributed by atoms with Crippen molar-refractivity contribution in [3.05, 3.63) is 58.0 Å². The zero-order chi connectivity index (χ0) is 15.9. The van der Waals surface area contributed by atoms with Crippen molar-refractivity contribution >= 4 is 38.9 Å². The van der Waals surface area contributed by atoms with Crippen molar-refractivity contribution in [2.24, 2.45) is 5.10 Å². The molecule has 116 valence electrons. The monoisotopic (exact) mass is 358 g/mol. The van der Waals surface area contributed by atoms with Crippen LogP contribution in [0.3, 0.4) is 0 Å². The topological polar surface area (TPSA) is 62.9 Å². The van der Waals surface area contributed by atoms with Crippen molar-refractivity contribution in [1.29, 1.82) is 0 Å². The van der Waals surface area contributed by atoms with Gasteiger partial charge in [0, 0.05) is 6.42 Å². The second-order valence-corrected chi connectivity index (χ2v) is 7.61. The van der Waals surface area contributed by atoms with Gasteiger partial charge in [-0.3, -0.25) is 0 Å². The van der Waals surface area contributed by atoms with Gasteiger partial charge in [-0.2, -0.15) is 9.52 Å². The maximum Gasteiger partial charge on any atom is 0.247 e. The summed E-state index contributed by atoms with van der Waals surface area (Å²) in [6.07, 6.45) is 3.04. The SMILES string of the molecule is CS(=O)(=O)N1N=C(c2ccco2)CC1c1ccc(Cl)c(Cl)c1. The van der Waals surface area contributed by atoms with Crippen molar-refractivity contribution in [3.8, 4) is 0 Å². The highest BCUT2D eigenvalue weighted by Gasteiger charge is 2.35. The fraction of sp³-hybridized carbons (Fsp3) is 0.214. The van der Waals surface area contributed by atoms with Gasteiger partial charge in [0.1, 0.15) is 11.5 Å². The molecule has 0 saturated heterocycles. The highest BCUT2D eigenvalue weighted by molar-refractivity contribution is 7.88. The Bertz CT molecular complexity index is 832. The Kier molecular flexibility index (Phi) is 3.92. The molecular weight excluding hydrogens is 347 g/mol. The van der Waals surface area contributed by atoms with Crippen molar-refractivity contribution in [3.63, 3.8) is 0 Å². The minimum absolute atomic E-state index is 0.374. The van der Waals surface area contributed by atoms with Crippen molar-refractivity contribution in [2.45, 2.75) is 12.5 Å². The van der Waals surface area contributed by atoms with Crippen LogP contribution < -0.4 is 0 Å². The summed E-state index contributed by atoms with van der Waals surface area (Å²) in [5, 5.41) is 5.00. The second kappa shape index (κ2) is 5.61. The molecule has 1 atom stereocenters. The highest BCUT2D eigenvalue weighted by atomic mass is 35.5. The minimum atomic E-state index is -3.52. The first-order valence-electron chi connectivity index (χ1n) is 6.42. The van der Waals surface area contributed by atoms with Crippen LogP contribution in [0.15, 0.2) is 46.1 Å². The average Bonchev–Trinajstić information content (AvgIpc) is 3.08. The highest BCUT2D eigenvalue weighted by Crippen LogP contribution is 2.36. The molecule has 1 aromatic carbocycles. The smallest absolute Gasteiger partial charge is 0.247 e. The number of rotatable bonds is 3. The van der Waals surface area contributed by atoms with E-state index in [9.17, 15) is 8.42 Å². The number of hydrazone groups is 1. The van der Waals surface area contributed by atoms with Gasteiger partial charge in [-0.15, -0.1) is 0 Å². The van der Waals surface area contributed by atoms with E-state index in [1.54, 1.807) is 30.3 Å². The maximum atomic E-state index is 12.0. The largest absolute Gasteiger partial charge is 0.463 e. The molecule has 0 bridgehead atoms. The number of nitrogens with zero attached hydrogens (tertiary/aromatic N) is 2. The van der Waals surface area contributed by atoms with Crippen LogP contribution in [-0.2, 0) is 10.0 Å². The predicted octanol–water partition coefficient (Wildman–Crippen LogP) is 3.70. The molecule has 0 fully saturated rings. The zero-order valence-electron chi connectivity index (χ0n) is 11.5. The molecule has 1 aromatic heterocycles. The second-order valence-electron chi connectivity index (χ2n) is 4.95. The Balaban J connectivity index is 2.02. The fourth-order valence-electron chi connectivity index (χ4n) is 2.35. The van der Waals surface area contributed by atoms with Gasteiger partial charge in [0.05, 0.1) is 28.6 Å². The first-order valence-corrected chi connectivity index (χ1v) is 9.02. The molecule has 3 rings (SSSR count). The van der Waals surface area contributed by atoms with Crippen LogP contribution in [0.4, 0.5) is 0 Å². The Morgan fingerprint density at radius 3 is 2.64 bits per heavy atom. The number of hydrogen-bond donors (Lipinski definition) is 0. The summed E-state index contributed by atoms with van der Waals surface area (Å²) in [5.74, 6) is 0.552. The third-order valence-electron chi connectivity index (χ3n) is 3.35. The van der Waals surface area contributed by atoms with Crippen LogP contribution in [0.2, 0.25) is 10.0 Å². The van der Waals surface area contributed by atoms with Gasteiger partial charge in [-0.05, 0) is 29.8 Å². The lowest BCUT2D eigenvalue weighted by molar-refractivity contribution is 0.375. The van der Waals surface area contributed by atoms with Crippen LogP contribution in [0, 0.1) is 0 Å². The van der Waals surface area contributed by atoms with Gasteiger partial charge in [-0.25, -0.2) is 8.42 Å². The molecule has 0 N–H and O–H groups in total. The van der Waals surface area contributed by atoms with Gasteiger partial charge >= 0.3 is 0 Å². The van der Waals surface area contributed by atoms with Crippen molar-refractivity contribution in [2.75, 3.05) is 6.26 Å². The van der Waals surface area contributed by atoms with E-state index in [4.69, 9.17) is 27.6 Å². The summed E-state index contributed by atoms with van der Waals surface area (Å²) in [7, 11) is -3.52. The number of sulfonamides is 1. The van der Waals surface area contributed by atoms with E-state index in [1.807, 2.05) is 0 Å². The molecule has 1 aliphatic heterocycles. The van der Waals surface area contributed by atoms with E-state index >= 15 is 0 Å². The van der Waals surface area contributed by atoms with E-state index in [-0.39, 0.29) is 0 Å². The quantitative estimate of drug-likeness (QED) is 0.840. The molecule has 0 radical (unpaired) electrons. The summed E-state index contributed by atoms with van der Waals surface area (Å²) >= 11 is 12.0. The fourth-order valence-corrected chi connectivity index (χ4v) is 3.57. The van der Waals surface area contributed by atoms with E-state index in [0.29, 0.717) is 27.9 Å². The Morgan fingerprint density at radius 1 is 1.27 bits per heavy atom. The van der Waals surface area contributed by atoms with Crippen LogP contribution in [0.1, 0.15) is 23.8 Å². The number of halogens is 2. The van der Waals surface area contributed by atoms with Crippen LogP contribution in [0.5, 0.6) is 0 Å². The molecule has 2 heterocycles. The van der Waals surface area contributed by atoms with Gasteiger partial charge in [0.2, 0.25) is 10.0 Å². The number of furan rings is 1. The van der Waals surface area contributed by atoms with Crippen LogP contribution in [0.25, 0.3) is 0 Å². The molecule has 5 nitrogen and oxygen atoms in total. The molecule has 0 aliphatic carbocycles. The summed E-state index contributed by atoms with van der Waals surface area (Å²) in [5.41, 5.74) is 1.30. The van der Waals surface area contributed by atoms with E-state index in [2.05, 4.69) is 5.10 Å². The van der Waals surface area contributed by atoms with Crippen LogP contribution in [-0.4, -0.2) is 24.8 Å². The zero-order valence-corrected chi connectivity index (χ0v) is 13.9. The molecule has 0 spiro atoms. The normalized spacial score (nSPS) is 18.6. The standard InChI is InChI=1S/C14H12Cl2N2O3S/c1-22(19,20)18-13(9-4-5-10(15)11(16)7-9)8-12(17-18)14-3-2-6-21-14/h2-7,13H,8H2,1H3. The summed E-state index contributed by atoms with van der Waals surface area (Å²) in [6, 6.07) is 8.06. The van der Waals surface area contributed by atoms with Gasteiger partial charge in [0.15, 0.2) is 0 Å². The molecule has 0 saturated carbocycles. The molecule has 1 aliphatic rings. The molecule has 8 heteroatoms. The number of benzene rings is 1. The van der Waals surface area contributed by atoms with Crippen molar-refractivity contribution in [1.82, 2.24) is 4.41 Å². The molecular formula is C14H12Cl2N2O3S. The van der Waals surface area contributed by atoms with Gasteiger partial charge in [0.25, 0.3) is 0 Å². The van der Waals surface area contributed by atoms with Gasteiger partial charge in [-0.1, -0.05) is 29.3 Å². The van der Waals surface area contributed by atoms with E-state index in [0.717, 1.165) is 16.2 Å². The Morgan fingerprint density at radius 2 is 2.05 bits per heavy atom. The van der Waals surface area contributed by atoms with Crippen molar-refractivity contribution < 1.29 is 12.8 Å². The first-order chi connectivity index (χ1) is 10.4. The average molecular weight is 359 g/mol. The summed E-state index contributed by atoms with van der Waals surface area (Å²) in [6.45, 7) is 0. The number of hydrogen-bond acceptors (Lipinski definition) is 4. The Labute approximate surface area is 138 Å². The summed E-state index contributed by atoms with van der Waals surface area (Å²) in [4.78, 5) is 0. The van der Waals surface area contributed by atoms with Gasteiger partial charge < -0.3 is 4.42 Å². The van der Waals surface area contributed by atoms with E-state index in [1.165, 1.54) is 6.26 Å². The molecule has 0 amide bonds. The maximum absolute atomic E-state index is 12.0. The third-order valence-corrected chi connectivity index (χ3v) is 5.10. The lowest BCUT2D eigenvalue weighted by atomic mass is 10.0. The van der Waals surface area contributed by atoms with E-state index < -0.39 is 16.1 Å². The lowest BCUT2D eigenvalue weighted by Gasteiger charge is -2.21. The predicted molar refractivity (Wildman–Crippen MR) is 85.7 cm³/mol. The molecule has 22 heavy (non-hydrogen) atoms. The molecule has 2 aromatic rings. The minimum Gasteiger partial charge on any atom is -0.463 e.